The molecule has 346 valence electrons. The highest BCUT2D eigenvalue weighted by molar-refractivity contribution is 5.75. The number of carbonyl (C=O) groups excluding carboxylic acids is 1. The molecule has 8 N–H and O–H groups in total. The summed E-state index contributed by atoms with van der Waals surface area (Å²) in [5, 5.41) is 75.2. The van der Waals surface area contributed by atoms with Gasteiger partial charge >= 0.3 is 0 Å². The Bertz CT molecular complexity index is 1990. The number of aldehydes is 1. The van der Waals surface area contributed by atoms with Crippen LogP contribution < -0.4 is 10.6 Å². The number of nitrogens with one attached hydrogen (secondary N) is 2. The van der Waals surface area contributed by atoms with Crippen LogP contribution in [0.2, 0.25) is 0 Å². The average Bonchev–Trinajstić information content (AvgIpc) is 3.58. The summed E-state index contributed by atoms with van der Waals surface area (Å²) in [6.45, 7) is 10.9. The van der Waals surface area contributed by atoms with Crippen molar-refractivity contribution in [1.82, 2.24) is 10.6 Å². The van der Waals surface area contributed by atoms with E-state index in [1.807, 2.05) is 51.3 Å². The number of benzene rings is 1. The van der Waals surface area contributed by atoms with E-state index in [0.29, 0.717) is 57.2 Å². The molecule has 0 unspecified atom stereocenters. The lowest BCUT2D eigenvalue weighted by Gasteiger charge is -2.68. The van der Waals surface area contributed by atoms with Crippen LogP contribution >= 0.6 is 0 Å². The van der Waals surface area contributed by atoms with Crippen molar-refractivity contribution in [3.05, 3.63) is 118 Å². The molecule has 2 fully saturated rings. The van der Waals surface area contributed by atoms with Crippen LogP contribution in [0.3, 0.4) is 0 Å². The predicted molar refractivity (Wildman–Crippen MR) is 246 cm³/mol. The summed E-state index contributed by atoms with van der Waals surface area (Å²) in [4.78, 5) is 12.6. The van der Waals surface area contributed by atoms with Crippen molar-refractivity contribution >= 4 is 6.29 Å². The fraction of sp³-hybridized carbons (Fsp3) is 0.596. The van der Waals surface area contributed by atoms with Gasteiger partial charge in [0.1, 0.15) is 18.6 Å². The number of hydrogen-bond donors (Lipinski definition) is 8. The number of allylic oxidation sites excluding steroid dienone is 10. The van der Waals surface area contributed by atoms with Crippen molar-refractivity contribution in [2.24, 2.45) is 34.5 Å². The summed E-state index contributed by atoms with van der Waals surface area (Å²) in [6.07, 6.45) is 20.0. The van der Waals surface area contributed by atoms with Gasteiger partial charge in [0.2, 0.25) is 0 Å². The summed E-state index contributed by atoms with van der Waals surface area (Å²) < 4.78 is 11.5. The first-order chi connectivity index (χ1) is 30.1. The molecule has 6 rings (SSSR count). The summed E-state index contributed by atoms with van der Waals surface area (Å²) >= 11 is 0. The van der Waals surface area contributed by atoms with Gasteiger partial charge in [0.05, 0.1) is 31.0 Å². The first kappa shape index (κ1) is 49.1. The number of fused-ring (bicyclic) bond motifs is 3. The maximum atomic E-state index is 13.6. The van der Waals surface area contributed by atoms with Gasteiger partial charge in [-0.1, -0.05) is 90.6 Å². The third-order valence-electron chi connectivity index (χ3n) is 15.4. The second-order valence-electron chi connectivity index (χ2n) is 19.5. The molecule has 0 saturated heterocycles. The molecule has 63 heavy (non-hydrogen) atoms. The molecule has 1 aromatic carbocycles. The van der Waals surface area contributed by atoms with Crippen LogP contribution in [0, 0.1) is 34.5 Å². The van der Waals surface area contributed by atoms with Crippen LogP contribution in [0.25, 0.3) is 0 Å². The van der Waals surface area contributed by atoms with E-state index in [1.165, 1.54) is 11.1 Å². The molecule has 11 nitrogen and oxygen atoms in total. The Morgan fingerprint density at radius 2 is 1.90 bits per heavy atom. The number of carbonyl (C=O) groups is 1. The Hall–Kier alpha value is -3.33. The lowest BCUT2D eigenvalue weighted by molar-refractivity contribution is -0.233. The molecule has 1 aliphatic heterocycles. The normalized spacial score (nSPS) is 37.4. The molecule has 1 heterocycles. The Morgan fingerprint density at radius 3 is 2.62 bits per heavy atom. The number of methoxy groups -OCH3 is 1. The minimum atomic E-state index is -1.59. The highest BCUT2D eigenvalue weighted by Crippen LogP contribution is 2.75. The number of aliphatic hydroxyl groups is 6. The first-order valence-electron chi connectivity index (χ1n) is 23.0. The van der Waals surface area contributed by atoms with Crippen LogP contribution in [-0.2, 0) is 27.1 Å². The smallest absolute Gasteiger partial charge is 0.145 e. The van der Waals surface area contributed by atoms with Gasteiger partial charge in [-0.25, -0.2) is 0 Å². The third-order valence-corrected chi connectivity index (χ3v) is 15.4. The van der Waals surface area contributed by atoms with E-state index in [4.69, 9.17) is 9.47 Å². The van der Waals surface area contributed by atoms with Crippen LogP contribution in [-0.4, -0.2) is 120 Å². The van der Waals surface area contributed by atoms with Crippen molar-refractivity contribution < 1.29 is 44.9 Å². The van der Waals surface area contributed by atoms with Crippen LogP contribution in [0.5, 0.6) is 0 Å². The molecule has 0 aromatic heterocycles. The molecule has 0 amide bonds. The summed E-state index contributed by atoms with van der Waals surface area (Å²) in [7, 11) is 3.54. The summed E-state index contributed by atoms with van der Waals surface area (Å²) in [6, 6.07) is 8.60. The fourth-order valence-electron chi connectivity index (χ4n) is 12.2. The minimum Gasteiger partial charge on any atom is -0.396 e. The molecule has 4 aliphatic carbocycles. The van der Waals surface area contributed by atoms with E-state index < -0.39 is 52.8 Å². The molecule has 2 saturated carbocycles. The third kappa shape index (κ3) is 9.66. The van der Waals surface area contributed by atoms with Gasteiger partial charge in [0.25, 0.3) is 0 Å². The molecular formula is C52H74N2O9. The van der Waals surface area contributed by atoms with E-state index >= 15 is 0 Å². The zero-order valence-corrected chi connectivity index (χ0v) is 38.2. The van der Waals surface area contributed by atoms with Gasteiger partial charge in [0, 0.05) is 54.4 Å². The maximum absolute atomic E-state index is 13.6. The van der Waals surface area contributed by atoms with Gasteiger partial charge in [-0.15, -0.1) is 0 Å². The summed E-state index contributed by atoms with van der Waals surface area (Å²) in [5.41, 5.74) is 1.21. The van der Waals surface area contributed by atoms with Crippen LogP contribution in [0.4, 0.5) is 0 Å². The topological polar surface area (TPSA) is 181 Å². The van der Waals surface area contributed by atoms with Crippen molar-refractivity contribution in [3.8, 4) is 0 Å². The SMILES string of the molecule is C=C(/C=C/C=C(/COC[C@H](O)CO)[C@@H]1CC[C@@]23[C@H]4/C(=C(/C)C=O)[C@H](C=C[C@@]4(CCO)C=C[C@@]12O)C[C@]3(O)CCNC)[C@H]1C/C=C(\C)[C@@H](O)N[C@@](C)(CCOC)Cc2cccc(c2)C1. The van der Waals surface area contributed by atoms with Gasteiger partial charge in [0.15, 0.2) is 0 Å². The van der Waals surface area contributed by atoms with Gasteiger partial charge < -0.3 is 45.4 Å². The highest BCUT2D eigenvalue weighted by Gasteiger charge is 2.77. The highest BCUT2D eigenvalue weighted by atomic mass is 16.5. The second-order valence-corrected chi connectivity index (χ2v) is 19.5. The van der Waals surface area contributed by atoms with Crippen molar-refractivity contribution in [2.45, 2.75) is 108 Å². The Morgan fingerprint density at radius 1 is 1.13 bits per heavy atom. The molecule has 11 atom stereocenters. The Balaban J connectivity index is 1.39. The molecule has 5 aliphatic rings. The van der Waals surface area contributed by atoms with E-state index in [1.54, 1.807) is 7.11 Å². The van der Waals surface area contributed by atoms with Crippen molar-refractivity contribution in [1.29, 1.82) is 0 Å². The van der Waals surface area contributed by atoms with Crippen LogP contribution in [0.1, 0.15) is 76.8 Å². The van der Waals surface area contributed by atoms with Gasteiger partial charge in [-0.05, 0) is 126 Å². The monoisotopic (exact) mass is 871 g/mol. The molecule has 1 spiro atoms. The zero-order valence-electron chi connectivity index (χ0n) is 38.2. The molecule has 1 aromatic rings. The Labute approximate surface area is 375 Å². The fourth-order valence-corrected chi connectivity index (χ4v) is 12.2. The van der Waals surface area contributed by atoms with E-state index in [9.17, 15) is 35.4 Å². The second kappa shape index (κ2) is 20.5. The van der Waals surface area contributed by atoms with E-state index in [0.717, 1.165) is 47.8 Å². The quantitative estimate of drug-likeness (QED) is 0.0432. The van der Waals surface area contributed by atoms with E-state index in [-0.39, 0.29) is 37.2 Å². The lowest BCUT2D eigenvalue weighted by atomic mass is 9.37. The number of ether oxygens (including phenoxy) is 2. The molecule has 11 heteroatoms. The maximum Gasteiger partial charge on any atom is 0.145 e. The van der Waals surface area contributed by atoms with Crippen molar-refractivity contribution in [2.75, 3.05) is 53.7 Å². The predicted octanol–water partition coefficient (Wildman–Crippen LogP) is 4.98. The molecule has 4 bridgehead atoms. The molecule has 0 radical (unpaired) electrons. The van der Waals surface area contributed by atoms with Gasteiger partial charge in [-0.2, -0.15) is 0 Å². The first-order valence-corrected chi connectivity index (χ1v) is 23.0. The van der Waals surface area contributed by atoms with E-state index in [2.05, 4.69) is 66.6 Å². The standard InChI is InChI=1S/C52H74N2O9/c1-35(40-14-13-36(2)47(59)54-48(4,23-26-62-6)29-39-11-8-10-38(27-39)28-40)9-7-12-42(33-63-34-43(58)32-57)44-16-18-51-46-45(37(3)31-56)41(30-50(51,60)21-24-53-5)15-17-49(46,22-25-55)19-20-52(44,51)61/h7-13,15,17,19-20,27,31,40-41,43-44,46-47,53-55,57-61H,1,14,16,18,21-26,28-30,32-34H2,2-6H3/b9-7+,36-13+,42-12-,45-37-/t40-,41+,43+,44-,46-,47+,48-,49-,50+,51-,52+/m0/s1. The Kier molecular flexibility index (Phi) is 15.9. The minimum absolute atomic E-state index is 0.00796. The van der Waals surface area contributed by atoms with Crippen LogP contribution in [0.15, 0.2) is 107 Å². The van der Waals surface area contributed by atoms with Crippen molar-refractivity contribution in [3.63, 3.8) is 0 Å². The average molecular weight is 871 g/mol. The summed E-state index contributed by atoms with van der Waals surface area (Å²) in [5.74, 6) is -1.16. The zero-order chi connectivity index (χ0) is 45.6. The van der Waals surface area contributed by atoms with Gasteiger partial charge in [-0.3, -0.25) is 10.1 Å². The number of hydrogen-bond acceptors (Lipinski definition) is 11. The lowest BCUT2D eigenvalue weighted by Crippen LogP contribution is -2.72. The molecular weight excluding hydrogens is 797 g/mol. The largest absolute Gasteiger partial charge is 0.396 e. The number of aliphatic hydroxyl groups excluding tert-OH is 4. The number of rotatable bonds is 18.